The van der Waals surface area contributed by atoms with Crippen LogP contribution in [0.2, 0.25) is 0 Å². The fraction of sp³-hybridized carbons (Fsp3) is 0.407. The Morgan fingerprint density at radius 2 is 1.61 bits per heavy atom. The van der Waals surface area contributed by atoms with E-state index in [4.69, 9.17) is 5.73 Å². The highest BCUT2D eigenvalue weighted by molar-refractivity contribution is 7.81. The van der Waals surface area contributed by atoms with E-state index in [1.54, 1.807) is 26.1 Å². The van der Waals surface area contributed by atoms with Gasteiger partial charge in [-0.15, -0.1) is 0 Å². The summed E-state index contributed by atoms with van der Waals surface area (Å²) in [5, 5.41) is 8.18. The van der Waals surface area contributed by atoms with Crippen LogP contribution in [0.4, 0.5) is 3.89 Å². The van der Waals surface area contributed by atoms with Gasteiger partial charge in [0.1, 0.15) is 23.9 Å². The molecule has 1 heterocycles. The summed E-state index contributed by atoms with van der Waals surface area (Å²) in [6.45, 7) is 1.87. The van der Waals surface area contributed by atoms with Gasteiger partial charge in [0.25, 0.3) is 0 Å². The molecular weight excluding hydrogens is 557 g/mol. The van der Waals surface area contributed by atoms with E-state index in [-0.39, 0.29) is 25.1 Å². The van der Waals surface area contributed by atoms with Crippen molar-refractivity contribution in [3.63, 3.8) is 0 Å². The minimum absolute atomic E-state index is 0.00752. The Labute approximate surface area is 238 Å². The van der Waals surface area contributed by atoms with Gasteiger partial charge in [-0.1, -0.05) is 46.4 Å². The molecule has 12 nitrogen and oxygen atoms in total. The van der Waals surface area contributed by atoms with Crippen LogP contribution in [-0.4, -0.2) is 74.7 Å². The quantitative estimate of drug-likeness (QED) is 0.237. The molecule has 4 unspecified atom stereocenters. The van der Waals surface area contributed by atoms with E-state index in [2.05, 4.69) is 20.1 Å². The van der Waals surface area contributed by atoms with Crippen LogP contribution in [0.3, 0.4) is 0 Å². The van der Waals surface area contributed by atoms with Gasteiger partial charge in [0.15, 0.2) is 0 Å². The van der Waals surface area contributed by atoms with Crippen molar-refractivity contribution in [2.45, 2.75) is 56.8 Å². The number of carbonyl (C=O) groups excluding carboxylic acids is 4. The van der Waals surface area contributed by atoms with Gasteiger partial charge >= 0.3 is 10.5 Å². The van der Waals surface area contributed by atoms with Crippen molar-refractivity contribution in [3.05, 3.63) is 65.7 Å². The number of halogens is 1. The van der Waals surface area contributed by atoms with Gasteiger partial charge < -0.3 is 30.8 Å². The van der Waals surface area contributed by atoms with Crippen LogP contribution in [0.25, 0.3) is 0 Å². The third kappa shape index (κ3) is 9.25. The number of nitrogens with zero attached hydrogens (tertiary/aromatic N) is 1. The van der Waals surface area contributed by atoms with Crippen molar-refractivity contribution < 1.29 is 35.7 Å². The predicted molar refractivity (Wildman–Crippen MR) is 147 cm³/mol. The van der Waals surface area contributed by atoms with Crippen LogP contribution in [0.15, 0.2) is 54.6 Å². The smallest absolute Gasteiger partial charge is 0.368 e. The Morgan fingerprint density at radius 1 is 1.00 bits per heavy atom. The maximum absolute atomic E-state index is 13.7. The first-order valence-corrected chi connectivity index (χ1v) is 14.3. The summed E-state index contributed by atoms with van der Waals surface area (Å²) in [5.74, 6) is -2.46. The van der Waals surface area contributed by atoms with E-state index in [0.29, 0.717) is 18.4 Å². The normalized spacial score (nSPS) is 17.2. The van der Waals surface area contributed by atoms with Gasteiger partial charge in [-0.25, -0.2) is 0 Å². The molecule has 0 saturated carbocycles. The number of rotatable bonds is 13. The summed E-state index contributed by atoms with van der Waals surface area (Å²) in [6.07, 6.45) is 1.06. The maximum Gasteiger partial charge on any atom is 0.488 e. The van der Waals surface area contributed by atoms with Crippen LogP contribution in [0, 0.1) is 0 Å². The number of nitrogens with two attached hydrogens (primary N) is 1. The number of likely N-dealkylation sites (tertiary alicyclic amines) is 1. The van der Waals surface area contributed by atoms with Crippen molar-refractivity contribution in [1.29, 1.82) is 0 Å². The molecule has 0 aromatic heterocycles. The zero-order chi connectivity index (χ0) is 30.2. The second-order valence-electron chi connectivity index (χ2n) is 9.74. The van der Waals surface area contributed by atoms with E-state index in [1.165, 1.54) is 29.2 Å². The number of benzene rings is 2. The largest absolute Gasteiger partial charge is 0.488 e. The monoisotopic (exact) mass is 591 g/mol. The summed E-state index contributed by atoms with van der Waals surface area (Å²) < 4.78 is 38.5. The molecule has 1 aliphatic rings. The zero-order valence-corrected chi connectivity index (χ0v) is 23.5. The Bertz CT molecular complexity index is 1340. The van der Waals surface area contributed by atoms with Gasteiger partial charge in [-0.05, 0) is 50.1 Å². The minimum atomic E-state index is -5.20. The second kappa shape index (κ2) is 14.0. The first-order valence-electron chi connectivity index (χ1n) is 13.0. The third-order valence-electron chi connectivity index (χ3n) is 6.78. The van der Waals surface area contributed by atoms with Crippen LogP contribution < -0.4 is 25.9 Å². The molecule has 1 saturated heterocycles. The number of carbonyl (C=O) groups is 4. The van der Waals surface area contributed by atoms with Crippen LogP contribution in [0.1, 0.15) is 30.9 Å². The molecule has 41 heavy (non-hydrogen) atoms. The molecule has 1 aliphatic heterocycles. The number of likely N-dealkylation sites (N-methyl/N-ethyl adjacent to an activating group) is 1. The van der Waals surface area contributed by atoms with Gasteiger partial charge in [0.2, 0.25) is 23.6 Å². The number of nitrogens with one attached hydrogen (secondary N) is 3. The Balaban J connectivity index is 1.78. The minimum Gasteiger partial charge on any atom is -0.368 e. The third-order valence-corrected chi connectivity index (χ3v) is 7.17. The average Bonchev–Trinajstić information content (AvgIpc) is 3.42. The summed E-state index contributed by atoms with van der Waals surface area (Å²) in [7, 11) is -3.62. The fourth-order valence-electron chi connectivity index (χ4n) is 4.50. The van der Waals surface area contributed by atoms with Crippen LogP contribution >= 0.6 is 0 Å². The summed E-state index contributed by atoms with van der Waals surface area (Å²) in [4.78, 5) is 53.2. The molecule has 1 fully saturated rings. The summed E-state index contributed by atoms with van der Waals surface area (Å²) >= 11 is 0. The molecule has 2 aromatic rings. The van der Waals surface area contributed by atoms with E-state index in [9.17, 15) is 31.5 Å². The van der Waals surface area contributed by atoms with E-state index >= 15 is 0 Å². The van der Waals surface area contributed by atoms with E-state index in [1.807, 2.05) is 18.2 Å². The lowest BCUT2D eigenvalue weighted by Gasteiger charge is -2.30. The Hall–Kier alpha value is -4.04. The molecule has 0 aliphatic carbocycles. The lowest BCUT2D eigenvalue weighted by Crippen LogP contribution is -2.57. The molecule has 0 spiro atoms. The molecule has 222 valence electrons. The van der Waals surface area contributed by atoms with E-state index < -0.39 is 58.3 Å². The summed E-state index contributed by atoms with van der Waals surface area (Å²) in [6, 6.07) is 10.8. The molecule has 14 heteroatoms. The molecule has 0 radical (unpaired) electrons. The number of amides is 4. The van der Waals surface area contributed by atoms with Crippen molar-refractivity contribution in [1.82, 2.24) is 20.9 Å². The van der Waals surface area contributed by atoms with Crippen LogP contribution in [-0.2, 0) is 42.5 Å². The molecule has 2 aromatic carbocycles. The van der Waals surface area contributed by atoms with Crippen molar-refractivity contribution in [2.75, 3.05) is 13.6 Å². The van der Waals surface area contributed by atoms with Crippen molar-refractivity contribution >= 4 is 34.1 Å². The first-order chi connectivity index (χ1) is 19.4. The molecule has 0 bridgehead atoms. The molecular formula is C27H34FN5O7S. The highest BCUT2D eigenvalue weighted by Gasteiger charge is 2.39. The second-order valence-corrected chi connectivity index (χ2v) is 10.7. The van der Waals surface area contributed by atoms with Crippen LogP contribution in [0.5, 0.6) is 5.75 Å². The lowest BCUT2D eigenvalue weighted by atomic mass is 10.0. The lowest BCUT2D eigenvalue weighted by molar-refractivity contribution is -0.142. The molecule has 3 rings (SSSR count). The SMILES string of the molecule is CNC(C)C(=O)NC(Cc1ccc(OS(=O)(=O)F)cc1)C(=O)N1CCCC1C(=O)NC(Cc1ccccc1)C(N)=O. The Morgan fingerprint density at radius 3 is 2.20 bits per heavy atom. The number of hydrogen-bond donors (Lipinski definition) is 4. The standard InChI is InChI=1S/C27H34FN5O7S/c1-17(30-2)25(35)32-22(16-19-10-12-20(13-11-19)40-41(28,38)39)27(37)33-14-6-9-23(33)26(36)31-21(24(29)34)15-18-7-4-3-5-8-18/h3-5,7-8,10-13,17,21-23,30H,6,9,14-16H2,1-2H3,(H2,29,34)(H,31,36)(H,32,35). The molecule has 5 N–H and O–H groups in total. The first kappa shape index (κ1) is 31.5. The maximum atomic E-state index is 13.7. The fourth-order valence-corrected chi connectivity index (χ4v) is 4.84. The Kier molecular flexibility index (Phi) is 10.8. The van der Waals surface area contributed by atoms with Gasteiger partial charge in [0.05, 0.1) is 6.04 Å². The van der Waals surface area contributed by atoms with Gasteiger partial charge in [-0.2, -0.15) is 8.42 Å². The highest BCUT2D eigenvalue weighted by atomic mass is 32.3. The summed E-state index contributed by atoms with van der Waals surface area (Å²) in [5.41, 5.74) is 6.87. The predicted octanol–water partition coefficient (Wildman–Crippen LogP) is 0.119. The van der Waals surface area contributed by atoms with E-state index in [0.717, 1.165) is 5.56 Å². The topological polar surface area (TPSA) is 177 Å². The van der Waals surface area contributed by atoms with Crippen molar-refractivity contribution in [3.8, 4) is 5.75 Å². The molecule has 4 atom stereocenters. The van der Waals surface area contributed by atoms with Gasteiger partial charge in [-0.3, -0.25) is 19.2 Å². The van der Waals surface area contributed by atoms with Gasteiger partial charge in [0, 0.05) is 19.4 Å². The zero-order valence-electron chi connectivity index (χ0n) is 22.7. The highest BCUT2D eigenvalue weighted by Crippen LogP contribution is 2.21. The molecule has 4 amide bonds. The number of hydrogen-bond acceptors (Lipinski definition) is 8. The van der Waals surface area contributed by atoms with Crippen molar-refractivity contribution in [2.24, 2.45) is 5.73 Å². The number of primary amides is 1. The average molecular weight is 592 g/mol.